The third kappa shape index (κ3) is 3.65. The van der Waals surface area contributed by atoms with Gasteiger partial charge in [0.2, 0.25) is 0 Å². The number of rotatable bonds is 4. The summed E-state index contributed by atoms with van der Waals surface area (Å²) in [6.45, 7) is 0. The fourth-order valence-corrected chi connectivity index (χ4v) is 8.29. The molecular weight excluding hydrogens is 511 g/mol. The first-order valence-corrected chi connectivity index (χ1v) is 14.1. The van der Waals surface area contributed by atoms with E-state index in [1.807, 2.05) is 72.8 Å². The third-order valence-corrected chi connectivity index (χ3v) is 10.6. The van der Waals surface area contributed by atoms with E-state index in [0.29, 0.717) is 0 Å². The lowest BCUT2D eigenvalue weighted by molar-refractivity contribution is 0.592. The molecule has 0 heterocycles. The second-order valence-corrected chi connectivity index (χ2v) is 12.2. The summed E-state index contributed by atoms with van der Waals surface area (Å²) in [6.07, 6.45) is 0. The molecule has 0 unspecified atom stereocenters. The maximum atomic E-state index is 14.7. The number of hydrogen-bond donors (Lipinski definition) is 0. The molecule has 0 radical (unpaired) electrons. The Balaban J connectivity index is 1.58. The number of fused-ring (bicyclic) bond motifs is 2. The van der Waals surface area contributed by atoms with Crippen LogP contribution in [0.25, 0.3) is 32.7 Å². The van der Waals surface area contributed by atoms with Crippen molar-refractivity contribution in [1.29, 1.82) is 0 Å². The summed E-state index contributed by atoms with van der Waals surface area (Å²) in [6, 6.07) is 44.9. The van der Waals surface area contributed by atoms with E-state index in [4.69, 9.17) is 0 Å². The number of halogens is 1. The number of hydrogen-bond acceptors (Lipinski definition) is 1. The molecule has 6 rings (SSSR count). The third-order valence-electron chi connectivity index (χ3n) is 6.62. The molecule has 168 valence electrons. The van der Waals surface area contributed by atoms with E-state index in [1.165, 1.54) is 27.1 Å². The highest BCUT2D eigenvalue weighted by atomic mass is 79.9. The van der Waals surface area contributed by atoms with E-state index in [0.717, 1.165) is 25.9 Å². The van der Waals surface area contributed by atoms with Crippen molar-refractivity contribution in [2.75, 3.05) is 0 Å². The standard InChI is InChI=1S/C32H22BrOP/c33-32-29-17-9-7-15-27(29)31(28-16-8-10-18-30(28)32)23-19-21-26(22-20-23)35(34,24-11-3-1-4-12-24)25-13-5-2-6-14-25/h1-22H. The molecule has 0 saturated carbocycles. The monoisotopic (exact) mass is 532 g/mol. The van der Waals surface area contributed by atoms with Crippen LogP contribution in [0.15, 0.2) is 138 Å². The van der Waals surface area contributed by atoms with Crippen LogP contribution in [0.4, 0.5) is 0 Å². The molecule has 6 aromatic rings. The van der Waals surface area contributed by atoms with Crippen molar-refractivity contribution in [1.82, 2.24) is 0 Å². The van der Waals surface area contributed by atoms with Gasteiger partial charge >= 0.3 is 0 Å². The van der Waals surface area contributed by atoms with Crippen LogP contribution < -0.4 is 15.9 Å². The fraction of sp³-hybridized carbons (Fsp3) is 0. The summed E-state index contributed by atoms with van der Waals surface area (Å²) in [5, 5.41) is 7.29. The van der Waals surface area contributed by atoms with Gasteiger partial charge in [-0.2, -0.15) is 0 Å². The van der Waals surface area contributed by atoms with Gasteiger partial charge in [-0.1, -0.05) is 133 Å². The predicted molar refractivity (Wildman–Crippen MR) is 154 cm³/mol. The quantitative estimate of drug-likeness (QED) is 0.166. The van der Waals surface area contributed by atoms with Crippen LogP contribution in [0.3, 0.4) is 0 Å². The van der Waals surface area contributed by atoms with Gasteiger partial charge in [-0.25, -0.2) is 0 Å². The van der Waals surface area contributed by atoms with Crippen molar-refractivity contribution in [3.8, 4) is 11.1 Å². The van der Waals surface area contributed by atoms with Gasteiger partial charge in [0, 0.05) is 20.4 Å². The molecule has 0 amide bonds. The first-order valence-electron chi connectivity index (χ1n) is 11.6. The zero-order valence-corrected chi connectivity index (χ0v) is 21.4. The summed E-state index contributed by atoms with van der Waals surface area (Å²) in [5.74, 6) is 0. The molecule has 0 atom stereocenters. The minimum absolute atomic E-state index is 0.837. The molecule has 0 fully saturated rings. The van der Waals surface area contributed by atoms with E-state index in [1.54, 1.807) is 0 Å². The predicted octanol–water partition coefficient (Wildman–Crippen LogP) is 8.06. The van der Waals surface area contributed by atoms with E-state index in [9.17, 15) is 4.57 Å². The molecule has 0 aliphatic heterocycles. The molecule has 0 aliphatic rings. The highest BCUT2D eigenvalue weighted by Gasteiger charge is 2.29. The largest absolute Gasteiger partial charge is 0.309 e. The minimum Gasteiger partial charge on any atom is -0.309 e. The Kier molecular flexibility index (Phi) is 5.65. The van der Waals surface area contributed by atoms with E-state index >= 15 is 0 Å². The lowest BCUT2D eigenvalue weighted by atomic mass is 9.92. The SMILES string of the molecule is O=P(c1ccccc1)(c1ccccc1)c1ccc(-c2c3ccccc3c(Br)c3ccccc23)cc1. The first kappa shape index (κ1) is 22.0. The minimum atomic E-state index is -3.00. The molecule has 0 aliphatic carbocycles. The van der Waals surface area contributed by atoms with Crippen molar-refractivity contribution >= 4 is 60.5 Å². The maximum Gasteiger partial charge on any atom is 0.171 e. The van der Waals surface area contributed by atoms with Crippen LogP contribution in [0.2, 0.25) is 0 Å². The molecule has 0 saturated heterocycles. The molecule has 6 aromatic carbocycles. The lowest BCUT2D eigenvalue weighted by Crippen LogP contribution is -2.24. The number of benzene rings is 6. The zero-order valence-electron chi connectivity index (χ0n) is 18.9. The molecule has 0 bridgehead atoms. The summed E-state index contributed by atoms with van der Waals surface area (Å²) in [4.78, 5) is 0. The first-order chi connectivity index (χ1) is 17.2. The van der Waals surface area contributed by atoms with Crippen molar-refractivity contribution in [2.45, 2.75) is 0 Å². The van der Waals surface area contributed by atoms with Gasteiger partial charge in [0.1, 0.15) is 0 Å². The van der Waals surface area contributed by atoms with Crippen LogP contribution in [0.1, 0.15) is 0 Å². The average molecular weight is 533 g/mol. The van der Waals surface area contributed by atoms with Gasteiger partial charge in [0.25, 0.3) is 0 Å². The van der Waals surface area contributed by atoms with E-state index < -0.39 is 7.14 Å². The fourth-order valence-electron chi connectivity index (χ4n) is 4.95. The molecule has 3 heteroatoms. The summed E-state index contributed by atoms with van der Waals surface area (Å²) < 4.78 is 15.8. The normalized spacial score (nSPS) is 11.7. The van der Waals surface area contributed by atoms with Crippen LogP contribution >= 0.6 is 23.1 Å². The molecule has 1 nitrogen and oxygen atoms in total. The zero-order chi connectivity index (χ0) is 23.8. The van der Waals surface area contributed by atoms with Gasteiger partial charge < -0.3 is 4.57 Å². The molecule has 0 N–H and O–H groups in total. The van der Waals surface area contributed by atoms with Crippen molar-refractivity contribution in [2.24, 2.45) is 0 Å². The Morgan fingerprint density at radius 3 is 1.26 bits per heavy atom. The maximum absolute atomic E-state index is 14.7. The van der Waals surface area contributed by atoms with Crippen LogP contribution in [0.5, 0.6) is 0 Å². The van der Waals surface area contributed by atoms with E-state index in [2.05, 4.69) is 76.6 Å². The molecule has 0 aromatic heterocycles. The highest BCUT2D eigenvalue weighted by molar-refractivity contribution is 9.10. The molecule has 35 heavy (non-hydrogen) atoms. The summed E-state index contributed by atoms with van der Waals surface area (Å²) in [5.41, 5.74) is 2.31. The Hall–Kier alpha value is -3.45. The Labute approximate surface area is 213 Å². The topological polar surface area (TPSA) is 17.1 Å². The Morgan fingerprint density at radius 2 is 0.800 bits per heavy atom. The second kappa shape index (κ2) is 8.96. The van der Waals surface area contributed by atoms with Gasteiger partial charge in [-0.15, -0.1) is 0 Å². The van der Waals surface area contributed by atoms with Crippen LogP contribution in [-0.2, 0) is 4.57 Å². The summed E-state index contributed by atoms with van der Waals surface area (Å²) in [7, 11) is -3.00. The Morgan fingerprint density at radius 1 is 0.429 bits per heavy atom. The Bertz CT molecular complexity index is 1610. The van der Waals surface area contributed by atoms with Crippen LogP contribution in [-0.4, -0.2) is 0 Å². The van der Waals surface area contributed by atoms with Crippen molar-refractivity contribution < 1.29 is 4.57 Å². The lowest BCUT2D eigenvalue weighted by Gasteiger charge is -2.21. The summed E-state index contributed by atoms with van der Waals surface area (Å²) >= 11 is 3.84. The molecule has 0 spiro atoms. The highest BCUT2D eigenvalue weighted by Crippen LogP contribution is 2.44. The second-order valence-electron chi connectivity index (χ2n) is 8.61. The van der Waals surface area contributed by atoms with E-state index in [-0.39, 0.29) is 0 Å². The van der Waals surface area contributed by atoms with Gasteiger partial charge in [-0.3, -0.25) is 0 Å². The van der Waals surface area contributed by atoms with Gasteiger partial charge in [0.05, 0.1) is 0 Å². The van der Waals surface area contributed by atoms with Gasteiger partial charge in [-0.05, 0) is 48.6 Å². The van der Waals surface area contributed by atoms with Crippen LogP contribution in [0, 0.1) is 0 Å². The van der Waals surface area contributed by atoms with Gasteiger partial charge in [0.15, 0.2) is 7.14 Å². The smallest absolute Gasteiger partial charge is 0.171 e. The molecular formula is C32H22BrOP. The average Bonchev–Trinajstić information content (AvgIpc) is 2.94. The van der Waals surface area contributed by atoms with Crippen molar-refractivity contribution in [3.63, 3.8) is 0 Å². The van der Waals surface area contributed by atoms with Crippen molar-refractivity contribution in [3.05, 3.63) is 138 Å².